The zero-order valence-electron chi connectivity index (χ0n) is 9.82. The van der Waals surface area contributed by atoms with Gasteiger partial charge in [0.1, 0.15) is 0 Å². The summed E-state index contributed by atoms with van der Waals surface area (Å²) in [6.07, 6.45) is 2.73. The van der Waals surface area contributed by atoms with Crippen molar-refractivity contribution in [2.24, 2.45) is 0 Å². The van der Waals surface area contributed by atoms with Gasteiger partial charge in [-0.15, -0.1) is 0 Å². The summed E-state index contributed by atoms with van der Waals surface area (Å²) in [7, 11) is 2.12. The van der Waals surface area contributed by atoms with Gasteiger partial charge in [-0.05, 0) is 33.0 Å². The van der Waals surface area contributed by atoms with E-state index in [0.717, 1.165) is 19.7 Å². The van der Waals surface area contributed by atoms with Gasteiger partial charge in [-0.3, -0.25) is 0 Å². The van der Waals surface area contributed by atoms with Crippen molar-refractivity contribution in [1.82, 2.24) is 9.80 Å². The van der Waals surface area contributed by atoms with Crippen molar-refractivity contribution in [3.8, 4) is 0 Å². The topological polar surface area (TPSA) is 35.9 Å². The Balaban J connectivity index is 1.90. The maximum atomic E-state index is 8.53. The first-order chi connectivity index (χ1) is 7.33. The molecule has 1 rings (SSSR count). The van der Waals surface area contributed by atoms with E-state index >= 15 is 0 Å². The summed E-state index contributed by atoms with van der Waals surface area (Å²) in [6.45, 7) is 7.09. The number of ether oxygens (including phenoxy) is 1. The van der Waals surface area contributed by atoms with E-state index in [1.807, 2.05) is 0 Å². The van der Waals surface area contributed by atoms with Crippen molar-refractivity contribution in [2.45, 2.75) is 12.8 Å². The van der Waals surface area contributed by atoms with Gasteiger partial charge in [0.15, 0.2) is 0 Å². The van der Waals surface area contributed by atoms with Crippen molar-refractivity contribution in [3.63, 3.8) is 0 Å². The lowest BCUT2D eigenvalue weighted by atomic mass is 10.4. The predicted molar refractivity (Wildman–Crippen MR) is 61.1 cm³/mol. The average Bonchev–Trinajstić information content (AvgIpc) is 2.74. The molecule has 4 heteroatoms. The Labute approximate surface area is 92.8 Å². The summed E-state index contributed by atoms with van der Waals surface area (Å²) in [5.74, 6) is 0. The molecular weight excluding hydrogens is 192 g/mol. The fourth-order valence-corrected chi connectivity index (χ4v) is 1.82. The highest BCUT2D eigenvalue weighted by atomic mass is 16.5. The Bertz CT molecular complexity index is 150. The van der Waals surface area contributed by atoms with Crippen LogP contribution in [0.3, 0.4) is 0 Å². The normalized spacial score (nSPS) is 17.8. The van der Waals surface area contributed by atoms with Crippen LogP contribution in [0.15, 0.2) is 0 Å². The van der Waals surface area contributed by atoms with Crippen molar-refractivity contribution in [2.75, 3.05) is 59.6 Å². The van der Waals surface area contributed by atoms with Gasteiger partial charge in [0.2, 0.25) is 0 Å². The first kappa shape index (κ1) is 12.9. The Morgan fingerprint density at radius 2 is 1.93 bits per heavy atom. The molecule has 1 aliphatic rings. The van der Waals surface area contributed by atoms with Crippen molar-refractivity contribution >= 4 is 0 Å². The fraction of sp³-hybridized carbons (Fsp3) is 1.00. The standard InChI is InChI=1S/C11H24N2O2/c1-12(8-10-15-11-9-14)6-7-13-4-2-3-5-13/h14H,2-11H2,1H3. The van der Waals surface area contributed by atoms with E-state index < -0.39 is 0 Å². The SMILES string of the molecule is CN(CCOCCO)CCN1CCCC1. The van der Waals surface area contributed by atoms with Crippen molar-refractivity contribution in [1.29, 1.82) is 0 Å². The lowest BCUT2D eigenvalue weighted by Gasteiger charge is -2.21. The molecule has 4 nitrogen and oxygen atoms in total. The van der Waals surface area contributed by atoms with Gasteiger partial charge in [0, 0.05) is 19.6 Å². The largest absolute Gasteiger partial charge is 0.394 e. The minimum absolute atomic E-state index is 0.123. The van der Waals surface area contributed by atoms with Gasteiger partial charge in [-0.25, -0.2) is 0 Å². The summed E-state index contributed by atoms with van der Waals surface area (Å²) in [5.41, 5.74) is 0. The molecule has 0 saturated carbocycles. The smallest absolute Gasteiger partial charge is 0.0698 e. The predicted octanol–water partition coefficient (Wildman–Crippen LogP) is 0.0229. The number of aliphatic hydroxyl groups is 1. The van der Waals surface area contributed by atoms with E-state index in [0.29, 0.717) is 6.61 Å². The number of aliphatic hydroxyl groups excluding tert-OH is 1. The summed E-state index contributed by atoms with van der Waals surface area (Å²) in [6, 6.07) is 0. The molecule has 1 N–H and O–H groups in total. The van der Waals surface area contributed by atoms with Gasteiger partial charge in [0.25, 0.3) is 0 Å². The molecule has 0 unspecified atom stereocenters. The molecule has 0 spiro atoms. The number of likely N-dealkylation sites (tertiary alicyclic amines) is 1. The van der Waals surface area contributed by atoms with E-state index in [-0.39, 0.29) is 6.61 Å². The van der Waals surface area contributed by atoms with Gasteiger partial charge >= 0.3 is 0 Å². The molecule has 1 saturated heterocycles. The molecule has 0 aromatic rings. The lowest BCUT2D eigenvalue weighted by molar-refractivity contribution is 0.0769. The molecule has 90 valence electrons. The second-order valence-electron chi connectivity index (χ2n) is 4.19. The lowest BCUT2D eigenvalue weighted by Crippen LogP contribution is -2.33. The number of hydrogen-bond donors (Lipinski definition) is 1. The van der Waals surface area contributed by atoms with Crippen LogP contribution in [0.5, 0.6) is 0 Å². The highest BCUT2D eigenvalue weighted by molar-refractivity contribution is 4.67. The van der Waals surface area contributed by atoms with Crippen LogP contribution in [-0.4, -0.2) is 74.5 Å². The third kappa shape index (κ3) is 6.10. The van der Waals surface area contributed by atoms with Crippen LogP contribution in [0.25, 0.3) is 0 Å². The van der Waals surface area contributed by atoms with Crippen molar-refractivity contribution < 1.29 is 9.84 Å². The van der Waals surface area contributed by atoms with Gasteiger partial charge in [-0.2, -0.15) is 0 Å². The molecule has 15 heavy (non-hydrogen) atoms. The molecule has 0 radical (unpaired) electrons. The molecule has 1 fully saturated rings. The van der Waals surface area contributed by atoms with Crippen molar-refractivity contribution in [3.05, 3.63) is 0 Å². The summed E-state index contributed by atoms with van der Waals surface area (Å²) in [5, 5.41) is 8.53. The molecular formula is C11H24N2O2. The fourth-order valence-electron chi connectivity index (χ4n) is 1.82. The van der Waals surface area contributed by atoms with Gasteiger partial charge < -0.3 is 19.6 Å². The quantitative estimate of drug-likeness (QED) is 0.580. The van der Waals surface area contributed by atoms with Crippen LogP contribution in [0, 0.1) is 0 Å². The van der Waals surface area contributed by atoms with Crippen LogP contribution >= 0.6 is 0 Å². The third-order valence-corrected chi connectivity index (χ3v) is 2.85. The molecule has 1 aliphatic heterocycles. The zero-order valence-corrected chi connectivity index (χ0v) is 9.82. The summed E-state index contributed by atoms with van der Waals surface area (Å²) >= 11 is 0. The van der Waals surface area contributed by atoms with Crippen LogP contribution in [0.2, 0.25) is 0 Å². The second-order valence-corrected chi connectivity index (χ2v) is 4.19. The van der Waals surface area contributed by atoms with E-state index in [1.165, 1.54) is 32.5 Å². The molecule has 1 heterocycles. The van der Waals surface area contributed by atoms with Gasteiger partial charge in [-0.1, -0.05) is 0 Å². The number of hydrogen-bond acceptors (Lipinski definition) is 4. The Hall–Kier alpha value is -0.160. The van der Waals surface area contributed by atoms with Crippen LogP contribution in [0.4, 0.5) is 0 Å². The monoisotopic (exact) mass is 216 g/mol. The number of likely N-dealkylation sites (N-methyl/N-ethyl adjacent to an activating group) is 1. The molecule has 0 amide bonds. The highest BCUT2D eigenvalue weighted by Gasteiger charge is 2.11. The average molecular weight is 216 g/mol. The molecule has 0 aromatic heterocycles. The van der Waals surface area contributed by atoms with E-state index in [2.05, 4.69) is 16.8 Å². The van der Waals surface area contributed by atoms with E-state index in [9.17, 15) is 0 Å². The maximum absolute atomic E-state index is 8.53. The van der Waals surface area contributed by atoms with Gasteiger partial charge in [0.05, 0.1) is 19.8 Å². The molecule has 0 atom stereocenters. The third-order valence-electron chi connectivity index (χ3n) is 2.85. The zero-order chi connectivity index (χ0) is 10.9. The first-order valence-electron chi connectivity index (χ1n) is 5.92. The Kier molecular flexibility index (Phi) is 6.92. The Morgan fingerprint density at radius 3 is 2.60 bits per heavy atom. The Morgan fingerprint density at radius 1 is 1.20 bits per heavy atom. The minimum Gasteiger partial charge on any atom is -0.394 e. The first-order valence-corrected chi connectivity index (χ1v) is 5.92. The molecule has 0 aliphatic carbocycles. The van der Waals surface area contributed by atoms with E-state index in [1.54, 1.807) is 0 Å². The second kappa shape index (κ2) is 8.05. The molecule has 0 aromatic carbocycles. The highest BCUT2D eigenvalue weighted by Crippen LogP contribution is 2.06. The van der Waals surface area contributed by atoms with E-state index in [4.69, 9.17) is 9.84 Å². The number of rotatable bonds is 8. The van der Waals surface area contributed by atoms with Crippen LogP contribution in [0.1, 0.15) is 12.8 Å². The minimum atomic E-state index is 0.123. The number of nitrogens with zero attached hydrogens (tertiary/aromatic N) is 2. The summed E-state index contributed by atoms with van der Waals surface area (Å²) < 4.78 is 5.22. The maximum Gasteiger partial charge on any atom is 0.0698 e. The van der Waals surface area contributed by atoms with Crippen LogP contribution < -0.4 is 0 Å². The van der Waals surface area contributed by atoms with Crippen LogP contribution in [-0.2, 0) is 4.74 Å². The summed E-state index contributed by atoms with van der Waals surface area (Å²) in [4.78, 5) is 4.81. The molecule has 0 bridgehead atoms.